The molecule has 1 N–H and O–H groups in total. The van der Waals surface area contributed by atoms with Gasteiger partial charge >= 0.3 is 5.91 Å². The van der Waals surface area contributed by atoms with E-state index < -0.39 is 10.8 Å². The van der Waals surface area contributed by atoms with Crippen molar-refractivity contribution in [3.05, 3.63) is 63.2 Å². The van der Waals surface area contributed by atoms with Gasteiger partial charge in [-0.05, 0) is 19.9 Å². The van der Waals surface area contributed by atoms with Crippen LogP contribution >= 0.6 is 0 Å². The highest BCUT2D eigenvalue weighted by Crippen LogP contribution is 2.11. The predicted octanol–water partition coefficient (Wildman–Crippen LogP) is 1.41. The van der Waals surface area contributed by atoms with E-state index in [1.807, 2.05) is 19.9 Å². The number of nitrogens with one attached hydrogen (secondary N) is 1. The van der Waals surface area contributed by atoms with E-state index in [9.17, 15) is 14.9 Å². The highest BCUT2D eigenvalue weighted by Gasteiger charge is 2.14. The summed E-state index contributed by atoms with van der Waals surface area (Å²) in [4.78, 5) is 30.6. The van der Waals surface area contributed by atoms with Crippen LogP contribution in [0.15, 0.2) is 35.4 Å². The largest absolute Gasteiger partial charge is 0.311 e. The monoisotopic (exact) mass is 339 g/mol. The van der Waals surface area contributed by atoms with Gasteiger partial charge in [0.05, 0.1) is 11.1 Å². The number of carbonyl (C=O) groups is 1. The second-order valence-corrected chi connectivity index (χ2v) is 5.24. The van der Waals surface area contributed by atoms with Crippen molar-refractivity contribution in [3.63, 3.8) is 0 Å². The Kier molecular flexibility index (Phi) is 4.16. The van der Waals surface area contributed by atoms with Gasteiger partial charge in [0.25, 0.3) is 11.5 Å². The fraction of sp³-hybridized carbons (Fsp3) is 0.133. The minimum Gasteiger partial charge on any atom is -0.264 e. The molecule has 1 aromatic carbocycles. The van der Waals surface area contributed by atoms with Crippen LogP contribution in [0.3, 0.4) is 0 Å². The Morgan fingerprint density at radius 2 is 2.12 bits per heavy atom. The molecule has 0 spiro atoms. The van der Waals surface area contributed by atoms with Gasteiger partial charge in [0.15, 0.2) is 0 Å². The van der Waals surface area contributed by atoms with Gasteiger partial charge in [-0.15, -0.1) is 5.10 Å². The normalized spacial score (nSPS) is 11.1. The van der Waals surface area contributed by atoms with Crippen molar-refractivity contribution in [1.29, 1.82) is 0 Å². The van der Waals surface area contributed by atoms with Crippen molar-refractivity contribution in [2.45, 2.75) is 13.8 Å². The summed E-state index contributed by atoms with van der Waals surface area (Å²) in [6, 6.07) is 7.69. The molecule has 0 saturated heterocycles. The van der Waals surface area contributed by atoms with Crippen LogP contribution in [-0.2, 0) is 0 Å². The lowest BCUT2D eigenvalue weighted by Crippen LogP contribution is -2.19. The third-order valence-electron chi connectivity index (χ3n) is 3.28. The Morgan fingerprint density at radius 1 is 1.32 bits per heavy atom. The third kappa shape index (κ3) is 3.47. The molecule has 0 bridgehead atoms. The number of benzene rings is 1. The molecule has 3 rings (SSSR count). The summed E-state index contributed by atoms with van der Waals surface area (Å²) in [5.74, 6) is -0.355. The summed E-state index contributed by atoms with van der Waals surface area (Å²) in [5, 5.41) is 18.6. The number of non-ortho nitro benzene ring substituents is 1. The molecule has 0 aliphatic rings. The summed E-state index contributed by atoms with van der Waals surface area (Å²) in [6.45, 7) is 3.66. The zero-order chi connectivity index (χ0) is 18.0. The number of nitro benzene ring substituents is 1. The minimum atomic E-state index is -0.607. The number of hydrogen-bond acceptors (Lipinski definition) is 7. The maximum absolute atomic E-state index is 12.1. The minimum absolute atomic E-state index is 0.0609. The van der Waals surface area contributed by atoms with E-state index in [1.165, 1.54) is 28.9 Å². The highest BCUT2D eigenvalue weighted by atomic mass is 16.6. The zero-order valence-corrected chi connectivity index (χ0v) is 13.4. The standard InChI is InChI=1S/C15H13N7O3/c1-9-6-10(2)21-15(17-9)18-13(20-21)14(23)19-16-8-11-4-3-5-12(7-11)22(24)25/h3-8H,1-2H3,(H,19,23)/b16-8-. The number of nitro groups is 1. The maximum Gasteiger partial charge on any atom is 0.311 e. The lowest BCUT2D eigenvalue weighted by molar-refractivity contribution is -0.384. The topological polar surface area (TPSA) is 128 Å². The van der Waals surface area contributed by atoms with Crippen LogP contribution in [0.5, 0.6) is 0 Å². The van der Waals surface area contributed by atoms with Crippen molar-refractivity contribution in [2.75, 3.05) is 0 Å². The molecule has 0 aliphatic carbocycles. The van der Waals surface area contributed by atoms with Crippen LogP contribution in [0.4, 0.5) is 5.69 Å². The van der Waals surface area contributed by atoms with Gasteiger partial charge in [0.2, 0.25) is 5.82 Å². The Labute approximate surface area is 141 Å². The molecule has 0 saturated carbocycles. The van der Waals surface area contributed by atoms with Gasteiger partial charge in [-0.25, -0.2) is 14.9 Å². The number of aryl methyl sites for hydroxylation is 2. The van der Waals surface area contributed by atoms with E-state index in [-0.39, 0.29) is 11.5 Å². The summed E-state index contributed by atoms with van der Waals surface area (Å²) in [7, 11) is 0. The average molecular weight is 339 g/mol. The third-order valence-corrected chi connectivity index (χ3v) is 3.28. The number of fused-ring (bicyclic) bond motifs is 1. The maximum atomic E-state index is 12.1. The SMILES string of the molecule is Cc1cc(C)n2nc(C(=O)N/N=C\c3cccc([N+](=O)[O-])c3)nc2n1. The molecule has 3 aromatic rings. The van der Waals surface area contributed by atoms with Crippen LogP contribution in [0.2, 0.25) is 0 Å². The fourth-order valence-corrected chi connectivity index (χ4v) is 2.20. The van der Waals surface area contributed by atoms with E-state index in [1.54, 1.807) is 6.07 Å². The fourth-order valence-electron chi connectivity index (χ4n) is 2.20. The molecule has 0 radical (unpaired) electrons. The number of carbonyl (C=O) groups excluding carboxylic acids is 1. The Balaban J connectivity index is 1.75. The first kappa shape index (κ1) is 16.2. The first-order chi connectivity index (χ1) is 11.9. The van der Waals surface area contributed by atoms with Crippen LogP contribution in [0, 0.1) is 24.0 Å². The molecule has 2 aromatic heterocycles. The Morgan fingerprint density at radius 3 is 2.88 bits per heavy atom. The molecule has 0 atom stereocenters. The quantitative estimate of drug-likeness (QED) is 0.435. The van der Waals surface area contributed by atoms with Crippen molar-refractivity contribution < 1.29 is 9.72 Å². The first-order valence-electron chi connectivity index (χ1n) is 7.23. The number of nitrogens with zero attached hydrogens (tertiary/aromatic N) is 6. The van der Waals surface area contributed by atoms with E-state index in [0.29, 0.717) is 11.3 Å². The summed E-state index contributed by atoms with van der Waals surface area (Å²) < 4.78 is 1.46. The van der Waals surface area contributed by atoms with Crippen molar-refractivity contribution in [2.24, 2.45) is 5.10 Å². The molecule has 10 heteroatoms. The lowest BCUT2D eigenvalue weighted by atomic mass is 10.2. The van der Waals surface area contributed by atoms with Gasteiger partial charge in [0.1, 0.15) is 0 Å². The number of rotatable bonds is 4. The molecule has 0 fully saturated rings. The number of hydrogen-bond donors (Lipinski definition) is 1. The smallest absolute Gasteiger partial charge is 0.264 e. The number of aromatic nitrogens is 4. The predicted molar refractivity (Wildman–Crippen MR) is 88.4 cm³/mol. The molecule has 10 nitrogen and oxygen atoms in total. The van der Waals surface area contributed by atoms with Crippen LogP contribution < -0.4 is 5.43 Å². The molecule has 25 heavy (non-hydrogen) atoms. The van der Waals surface area contributed by atoms with Crippen molar-refractivity contribution in [1.82, 2.24) is 25.0 Å². The van der Waals surface area contributed by atoms with Gasteiger partial charge in [0, 0.05) is 29.1 Å². The molecular weight excluding hydrogens is 326 g/mol. The molecule has 0 unspecified atom stereocenters. The average Bonchev–Trinajstić information content (AvgIpc) is 2.99. The zero-order valence-electron chi connectivity index (χ0n) is 13.4. The summed E-state index contributed by atoms with van der Waals surface area (Å²) in [6.07, 6.45) is 1.30. The van der Waals surface area contributed by atoms with E-state index >= 15 is 0 Å². The van der Waals surface area contributed by atoms with Gasteiger partial charge in [-0.1, -0.05) is 12.1 Å². The van der Waals surface area contributed by atoms with Crippen LogP contribution in [-0.4, -0.2) is 36.6 Å². The molecule has 0 aliphatic heterocycles. The van der Waals surface area contributed by atoms with Crippen LogP contribution in [0.1, 0.15) is 27.6 Å². The Bertz CT molecular complexity index is 1010. The molecule has 126 valence electrons. The van der Waals surface area contributed by atoms with E-state index in [4.69, 9.17) is 0 Å². The highest BCUT2D eigenvalue weighted by molar-refractivity contribution is 5.91. The molecular formula is C15H13N7O3. The van der Waals surface area contributed by atoms with Crippen molar-refractivity contribution in [3.8, 4) is 0 Å². The lowest BCUT2D eigenvalue weighted by Gasteiger charge is -1.97. The number of amides is 1. The van der Waals surface area contributed by atoms with E-state index in [0.717, 1.165) is 11.4 Å². The molecule has 2 heterocycles. The van der Waals surface area contributed by atoms with Gasteiger partial charge in [-0.2, -0.15) is 10.1 Å². The second kappa shape index (κ2) is 6.43. The summed E-state index contributed by atoms with van der Waals surface area (Å²) in [5.41, 5.74) is 4.27. The molecule has 1 amide bonds. The van der Waals surface area contributed by atoms with Gasteiger partial charge < -0.3 is 0 Å². The number of hydrazone groups is 1. The Hall–Kier alpha value is -3.69. The van der Waals surface area contributed by atoms with Crippen LogP contribution in [0.25, 0.3) is 5.78 Å². The first-order valence-corrected chi connectivity index (χ1v) is 7.23. The summed E-state index contributed by atoms with van der Waals surface area (Å²) >= 11 is 0. The second-order valence-electron chi connectivity index (χ2n) is 5.24. The van der Waals surface area contributed by atoms with E-state index in [2.05, 4.69) is 25.6 Å². The van der Waals surface area contributed by atoms with Crippen molar-refractivity contribution >= 4 is 23.6 Å². The van der Waals surface area contributed by atoms with Gasteiger partial charge in [-0.3, -0.25) is 14.9 Å².